The molecule has 0 bridgehead atoms. The topological polar surface area (TPSA) is 50.8 Å². The van der Waals surface area contributed by atoms with Crippen LogP contribution in [0.4, 0.5) is 0 Å². The highest BCUT2D eigenvalue weighted by atomic mass is 35.5. The van der Waals surface area contributed by atoms with Gasteiger partial charge in [0.15, 0.2) is 0 Å². The maximum atomic E-state index is 13.0. The number of amides is 1. The van der Waals surface area contributed by atoms with Gasteiger partial charge in [-0.15, -0.1) is 0 Å². The lowest BCUT2D eigenvalue weighted by Gasteiger charge is -2.40. The average Bonchev–Trinajstić information content (AvgIpc) is 2.74. The molecule has 30 heavy (non-hydrogen) atoms. The second-order valence-electron chi connectivity index (χ2n) is 8.08. The van der Waals surface area contributed by atoms with Crippen LogP contribution in [0.15, 0.2) is 48.5 Å². The number of halogens is 1. The third kappa shape index (κ3) is 4.97. The van der Waals surface area contributed by atoms with E-state index in [1.165, 1.54) is 0 Å². The molecule has 6 heteroatoms. The summed E-state index contributed by atoms with van der Waals surface area (Å²) < 4.78 is 11.3. The van der Waals surface area contributed by atoms with Crippen LogP contribution >= 0.6 is 11.6 Å². The Morgan fingerprint density at radius 1 is 1.13 bits per heavy atom. The molecule has 1 heterocycles. The van der Waals surface area contributed by atoms with Crippen molar-refractivity contribution < 1.29 is 14.3 Å². The Bertz CT molecular complexity index is 846. The van der Waals surface area contributed by atoms with E-state index in [0.717, 1.165) is 69.0 Å². The van der Waals surface area contributed by atoms with Gasteiger partial charge in [0.1, 0.15) is 12.4 Å². The van der Waals surface area contributed by atoms with Crippen molar-refractivity contribution in [2.45, 2.75) is 31.2 Å². The molecule has 4 rings (SSSR count). The van der Waals surface area contributed by atoms with Crippen LogP contribution in [-0.2, 0) is 21.5 Å². The van der Waals surface area contributed by atoms with Crippen LogP contribution in [-0.4, -0.2) is 50.3 Å². The third-order valence-corrected chi connectivity index (χ3v) is 6.42. The Morgan fingerprint density at radius 3 is 2.60 bits per heavy atom. The summed E-state index contributed by atoms with van der Waals surface area (Å²) in [5.41, 5.74) is 1.67. The maximum absolute atomic E-state index is 13.0. The standard InChI is InChI=1S/C24H29ClN2O3/c25-21-7-5-20(6-8-21)24(9-2-10-24)23(28)26-18-19-3-1-4-22(17-19)30-16-13-27-11-14-29-15-12-27/h1,3-8,17H,2,9-16,18H2,(H,26,28). The number of morpholine rings is 1. The highest BCUT2D eigenvalue weighted by Gasteiger charge is 2.45. The number of ether oxygens (including phenoxy) is 2. The van der Waals surface area contributed by atoms with Crippen molar-refractivity contribution >= 4 is 17.5 Å². The summed E-state index contributed by atoms with van der Waals surface area (Å²) in [6, 6.07) is 15.6. The monoisotopic (exact) mass is 428 g/mol. The van der Waals surface area contributed by atoms with E-state index in [1.807, 2.05) is 48.5 Å². The average molecular weight is 429 g/mol. The summed E-state index contributed by atoms with van der Waals surface area (Å²) in [7, 11) is 0. The zero-order chi connectivity index (χ0) is 20.8. The van der Waals surface area contributed by atoms with Crippen molar-refractivity contribution in [2.24, 2.45) is 0 Å². The van der Waals surface area contributed by atoms with Crippen LogP contribution in [0.5, 0.6) is 5.75 Å². The minimum atomic E-state index is -0.420. The van der Waals surface area contributed by atoms with Gasteiger partial charge >= 0.3 is 0 Å². The Morgan fingerprint density at radius 2 is 1.90 bits per heavy atom. The molecule has 1 N–H and O–H groups in total. The largest absolute Gasteiger partial charge is 0.492 e. The Kier molecular flexibility index (Phi) is 6.93. The van der Waals surface area contributed by atoms with Gasteiger partial charge in [-0.3, -0.25) is 9.69 Å². The van der Waals surface area contributed by atoms with Crippen molar-refractivity contribution in [2.75, 3.05) is 39.5 Å². The van der Waals surface area contributed by atoms with Gasteiger partial charge in [0.05, 0.1) is 18.6 Å². The first-order valence-corrected chi connectivity index (χ1v) is 11.1. The molecule has 2 aromatic carbocycles. The van der Waals surface area contributed by atoms with Gasteiger partial charge in [0, 0.05) is 31.2 Å². The van der Waals surface area contributed by atoms with Gasteiger partial charge in [-0.25, -0.2) is 0 Å². The van der Waals surface area contributed by atoms with Crippen molar-refractivity contribution in [3.8, 4) is 5.75 Å². The normalized spacial score (nSPS) is 18.4. The Balaban J connectivity index is 1.30. The van der Waals surface area contributed by atoms with Gasteiger partial charge in [0.2, 0.25) is 5.91 Å². The number of nitrogens with one attached hydrogen (secondary N) is 1. The van der Waals surface area contributed by atoms with Gasteiger partial charge in [-0.1, -0.05) is 42.3 Å². The summed E-state index contributed by atoms with van der Waals surface area (Å²) in [6.07, 6.45) is 2.83. The Labute approximate surface area is 183 Å². The predicted octanol–water partition coefficient (Wildman–Crippen LogP) is 3.79. The first-order chi connectivity index (χ1) is 14.7. The van der Waals surface area contributed by atoms with E-state index < -0.39 is 5.41 Å². The second kappa shape index (κ2) is 9.82. The van der Waals surface area contributed by atoms with Crippen LogP contribution in [0.2, 0.25) is 5.02 Å². The number of hydrogen-bond acceptors (Lipinski definition) is 4. The molecule has 1 aliphatic carbocycles. The SMILES string of the molecule is O=C(NCc1cccc(OCCN2CCOCC2)c1)C1(c2ccc(Cl)cc2)CCC1. The maximum Gasteiger partial charge on any atom is 0.230 e. The number of rotatable bonds is 8. The predicted molar refractivity (Wildman–Crippen MR) is 118 cm³/mol. The zero-order valence-corrected chi connectivity index (χ0v) is 18.0. The summed E-state index contributed by atoms with van der Waals surface area (Å²) in [6.45, 7) is 5.56. The molecule has 0 aromatic heterocycles. The molecule has 0 radical (unpaired) electrons. The molecule has 5 nitrogen and oxygen atoms in total. The van der Waals surface area contributed by atoms with Gasteiger partial charge < -0.3 is 14.8 Å². The molecule has 1 aliphatic heterocycles. The molecule has 1 saturated heterocycles. The fourth-order valence-corrected chi connectivity index (χ4v) is 4.29. The van der Waals surface area contributed by atoms with E-state index in [4.69, 9.17) is 21.1 Å². The first kappa shape index (κ1) is 21.2. The molecular formula is C24H29ClN2O3. The van der Waals surface area contributed by atoms with Gasteiger partial charge in [0.25, 0.3) is 0 Å². The highest BCUT2D eigenvalue weighted by molar-refractivity contribution is 6.30. The fourth-order valence-electron chi connectivity index (χ4n) is 4.16. The lowest BCUT2D eigenvalue weighted by molar-refractivity contribution is -0.130. The van der Waals surface area contributed by atoms with E-state index in [0.29, 0.717) is 18.2 Å². The van der Waals surface area contributed by atoms with E-state index >= 15 is 0 Å². The smallest absolute Gasteiger partial charge is 0.230 e. The molecular weight excluding hydrogens is 400 g/mol. The number of hydrogen-bond donors (Lipinski definition) is 1. The molecule has 1 amide bonds. The first-order valence-electron chi connectivity index (χ1n) is 10.7. The van der Waals surface area contributed by atoms with Crippen LogP contribution in [0.25, 0.3) is 0 Å². The van der Waals surface area contributed by atoms with Crippen LogP contribution in [0, 0.1) is 0 Å². The second-order valence-corrected chi connectivity index (χ2v) is 8.51. The Hall–Kier alpha value is -2.08. The lowest BCUT2D eigenvalue weighted by atomic mass is 9.64. The van der Waals surface area contributed by atoms with Crippen LogP contribution in [0.3, 0.4) is 0 Å². The third-order valence-electron chi connectivity index (χ3n) is 6.17. The van der Waals surface area contributed by atoms with Crippen molar-refractivity contribution in [3.05, 3.63) is 64.7 Å². The molecule has 2 fully saturated rings. The van der Waals surface area contributed by atoms with Gasteiger partial charge in [-0.2, -0.15) is 0 Å². The van der Waals surface area contributed by atoms with E-state index in [2.05, 4.69) is 10.2 Å². The quantitative estimate of drug-likeness (QED) is 0.695. The van der Waals surface area contributed by atoms with Crippen LogP contribution < -0.4 is 10.1 Å². The lowest BCUT2D eigenvalue weighted by Crippen LogP contribution is -2.48. The number of carbonyl (C=O) groups excluding carboxylic acids is 1. The van der Waals surface area contributed by atoms with E-state index in [1.54, 1.807) is 0 Å². The molecule has 2 aliphatic rings. The highest BCUT2D eigenvalue weighted by Crippen LogP contribution is 2.44. The number of nitrogens with zero attached hydrogens (tertiary/aromatic N) is 1. The van der Waals surface area contributed by atoms with Gasteiger partial charge in [-0.05, 0) is 48.2 Å². The number of carbonyl (C=O) groups is 1. The summed E-state index contributed by atoms with van der Waals surface area (Å²) in [5.74, 6) is 0.931. The van der Waals surface area contributed by atoms with Crippen molar-refractivity contribution in [3.63, 3.8) is 0 Å². The number of benzene rings is 2. The fraction of sp³-hybridized carbons (Fsp3) is 0.458. The van der Waals surface area contributed by atoms with E-state index in [-0.39, 0.29) is 5.91 Å². The molecule has 0 atom stereocenters. The van der Waals surface area contributed by atoms with Crippen molar-refractivity contribution in [1.82, 2.24) is 10.2 Å². The molecule has 0 spiro atoms. The summed E-state index contributed by atoms with van der Waals surface area (Å²) in [4.78, 5) is 15.4. The zero-order valence-electron chi connectivity index (χ0n) is 17.2. The summed E-state index contributed by atoms with van der Waals surface area (Å²) >= 11 is 6.02. The minimum Gasteiger partial charge on any atom is -0.492 e. The molecule has 160 valence electrons. The van der Waals surface area contributed by atoms with E-state index in [9.17, 15) is 4.79 Å². The molecule has 2 aromatic rings. The summed E-state index contributed by atoms with van der Waals surface area (Å²) in [5, 5.41) is 3.83. The minimum absolute atomic E-state index is 0.0923. The van der Waals surface area contributed by atoms with Crippen LogP contribution in [0.1, 0.15) is 30.4 Å². The van der Waals surface area contributed by atoms with Crippen molar-refractivity contribution in [1.29, 1.82) is 0 Å². The molecule has 0 unspecified atom stereocenters. The molecule has 1 saturated carbocycles.